The van der Waals surface area contributed by atoms with Gasteiger partial charge in [-0.1, -0.05) is 6.07 Å². The Labute approximate surface area is 137 Å². The molecular formula is C17H24N6. The molecule has 0 saturated carbocycles. The first-order chi connectivity index (χ1) is 11.1. The highest BCUT2D eigenvalue weighted by Crippen LogP contribution is 2.18. The summed E-state index contributed by atoms with van der Waals surface area (Å²) in [7, 11) is 4.00. The topological polar surface area (TPSA) is 48.4 Å². The van der Waals surface area contributed by atoms with Crippen LogP contribution < -0.4 is 9.80 Å². The Morgan fingerprint density at radius 2 is 1.87 bits per heavy atom. The van der Waals surface area contributed by atoms with E-state index in [0.29, 0.717) is 0 Å². The average Bonchev–Trinajstić information content (AvgIpc) is 2.58. The molecule has 122 valence electrons. The van der Waals surface area contributed by atoms with Crippen molar-refractivity contribution in [2.75, 3.05) is 50.1 Å². The first-order valence-electron chi connectivity index (χ1n) is 8.00. The maximum atomic E-state index is 4.50. The van der Waals surface area contributed by atoms with Crippen LogP contribution in [0.25, 0.3) is 0 Å². The molecule has 3 heterocycles. The van der Waals surface area contributed by atoms with Crippen LogP contribution in [0.4, 0.5) is 11.6 Å². The quantitative estimate of drug-likeness (QED) is 0.854. The van der Waals surface area contributed by atoms with Crippen molar-refractivity contribution in [3.05, 3.63) is 42.0 Å². The highest BCUT2D eigenvalue weighted by Gasteiger charge is 2.19. The van der Waals surface area contributed by atoms with Crippen molar-refractivity contribution in [1.29, 1.82) is 0 Å². The van der Waals surface area contributed by atoms with Crippen molar-refractivity contribution >= 4 is 11.6 Å². The monoisotopic (exact) mass is 312 g/mol. The molecule has 1 saturated heterocycles. The predicted molar refractivity (Wildman–Crippen MR) is 92.8 cm³/mol. The van der Waals surface area contributed by atoms with Gasteiger partial charge < -0.3 is 9.80 Å². The van der Waals surface area contributed by atoms with E-state index in [9.17, 15) is 0 Å². The van der Waals surface area contributed by atoms with Gasteiger partial charge in [0, 0.05) is 59.1 Å². The Bertz CT molecular complexity index is 649. The standard InChI is InChI=1S/C17H24N6/c1-14-5-4-6-18-15(14)12-22-7-9-23(10-8-22)17-11-16(21(2)3)19-13-20-17/h4-6,11,13H,7-10,12H2,1-3H3. The molecule has 3 rings (SSSR count). The lowest BCUT2D eigenvalue weighted by molar-refractivity contribution is 0.246. The minimum Gasteiger partial charge on any atom is -0.363 e. The Kier molecular flexibility index (Phi) is 4.71. The molecule has 2 aromatic rings. The van der Waals surface area contributed by atoms with Crippen LogP contribution in [-0.4, -0.2) is 60.1 Å². The van der Waals surface area contributed by atoms with E-state index in [4.69, 9.17) is 0 Å². The zero-order valence-corrected chi connectivity index (χ0v) is 14.1. The van der Waals surface area contributed by atoms with Gasteiger partial charge in [0.05, 0.1) is 5.69 Å². The third kappa shape index (κ3) is 3.76. The number of rotatable bonds is 4. The van der Waals surface area contributed by atoms with Crippen LogP contribution in [0.2, 0.25) is 0 Å². The first kappa shape index (κ1) is 15.7. The average molecular weight is 312 g/mol. The second-order valence-corrected chi connectivity index (χ2v) is 6.16. The van der Waals surface area contributed by atoms with Crippen molar-refractivity contribution in [2.45, 2.75) is 13.5 Å². The molecule has 0 N–H and O–H groups in total. The molecule has 1 aliphatic heterocycles. The second kappa shape index (κ2) is 6.91. The molecular weight excluding hydrogens is 288 g/mol. The van der Waals surface area contributed by atoms with Crippen LogP contribution in [0.15, 0.2) is 30.7 Å². The van der Waals surface area contributed by atoms with Crippen molar-refractivity contribution in [1.82, 2.24) is 19.9 Å². The van der Waals surface area contributed by atoms with Gasteiger partial charge in [-0.3, -0.25) is 9.88 Å². The number of nitrogens with zero attached hydrogens (tertiary/aromatic N) is 6. The van der Waals surface area contributed by atoms with Crippen LogP contribution >= 0.6 is 0 Å². The van der Waals surface area contributed by atoms with Gasteiger partial charge in [-0.15, -0.1) is 0 Å². The molecule has 1 fully saturated rings. The van der Waals surface area contributed by atoms with Gasteiger partial charge in [0.1, 0.15) is 18.0 Å². The molecule has 0 radical (unpaired) electrons. The van der Waals surface area contributed by atoms with Crippen molar-refractivity contribution in [3.8, 4) is 0 Å². The van der Waals surface area contributed by atoms with Gasteiger partial charge in [-0.2, -0.15) is 0 Å². The minimum absolute atomic E-state index is 0.924. The fourth-order valence-corrected chi connectivity index (χ4v) is 2.79. The summed E-state index contributed by atoms with van der Waals surface area (Å²) in [5.74, 6) is 1.96. The molecule has 0 amide bonds. The van der Waals surface area contributed by atoms with E-state index in [1.807, 2.05) is 31.3 Å². The number of hydrogen-bond donors (Lipinski definition) is 0. The molecule has 23 heavy (non-hydrogen) atoms. The minimum atomic E-state index is 0.924. The predicted octanol–water partition coefficient (Wildman–Crippen LogP) is 1.57. The Hall–Kier alpha value is -2.21. The molecule has 2 aromatic heterocycles. The largest absolute Gasteiger partial charge is 0.363 e. The van der Waals surface area contributed by atoms with Crippen LogP contribution in [-0.2, 0) is 6.54 Å². The third-order valence-electron chi connectivity index (χ3n) is 4.28. The SMILES string of the molecule is Cc1cccnc1CN1CCN(c2cc(N(C)C)ncn2)CC1. The Morgan fingerprint density at radius 1 is 1.09 bits per heavy atom. The fraction of sp³-hybridized carbons (Fsp3) is 0.471. The van der Waals surface area contributed by atoms with E-state index in [2.05, 4.69) is 43.8 Å². The molecule has 6 heteroatoms. The summed E-state index contributed by atoms with van der Waals surface area (Å²) >= 11 is 0. The molecule has 6 nitrogen and oxygen atoms in total. The smallest absolute Gasteiger partial charge is 0.134 e. The van der Waals surface area contributed by atoms with E-state index in [-0.39, 0.29) is 0 Å². The van der Waals surface area contributed by atoms with Crippen LogP contribution in [0.3, 0.4) is 0 Å². The summed E-state index contributed by atoms with van der Waals surface area (Å²) in [5, 5.41) is 0. The summed E-state index contributed by atoms with van der Waals surface area (Å²) < 4.78 is 0. The van der Waals surface area contributed by atoms with Crippen molar-refractivity contribution < 1.29 is 0 Å². The highest BCUT2D eigenvalue weighted by atomic mass is 15.3. The maximum Gasteiger partial charge on any atom is 0.134 e. The first-order valence-corrected chi connectivity index (χ1v) is 8.00. The van der Waals surface area contributed by atoms with Gasteiger partial charge in [-0.25, -0.2) is 9.97 Å². The normalized spacial score (nSPS) is 15.7. The molecule has 0 aromatic carbocycles. The number of aryl methyl sites for hydroxylation is 1. The molecule has 0 bridgehead atoms. The van der Waals surface area contributed by atoms with Gasteiger partial charge in [0.25, 0.3) is 0 Å². The molecule has 0 aliphatic carbocycles. The van der Waals surface area contributed by atoms with E-state index < -0.39 is 0 Å². The fourth-order valence-electron chi connectivity index (χ4n) is 2.79. The molecule has 0 spiro atoms. The van der Waals surface area contributed by atoms with Crippen LogP contribution in [0.5, 0.6) is 0 Å². The van der Waals surface area contributed by atoms with Gasteiger partial charge >= 0.3 is 0 Å². The third-order valence-corrected chi connectivity index (χ3v) is 4.28. The molecule has 0 atom stereocenters. The lowest BCUT2D eigenvalue weighted by Gasteiger charge is -2.35. The van der Waals surface area contributed by atoms with Crippen LogP contribution in [0, 0.1) is 6.92 Å². The Balaban J connectivity index is 1.60. The second-order valence-electron chi connectivity index (χ2n) is 6.16. The highest BCUT2D eigenvalue weighted by molar-refractivity contribution is 5.49. The van der Waals surface area contributed by atoms with E-state index in [1.54, 1.807) is 6.33 Å². The summed E-state index contributed by atoms with van der Waals surface area (Å²) in [6.07, 6.45) is 3.52. The lowest BCUT2D eigenvalue weighted by atomic mass is 10.2. The zero-order valence-electron chi connectivity index (χ0n) is 14.1. The number of piperazine rings is 1. The van der Waals surface area contributed by atoms with E-state index in [0.717, 1.165) is 44.4 Å². The lowest BCUT2D eigenvalue weighted by Crippen LogP contribution is -2.46. The van der Waals surface area contributed by atoms with Crippen molar-refractivity contribution in [2.24, 2.45) is 0 Å². The van der Waals surface area contributed by atoms with E-state index >= 15 is 0 Å². The van der Waals surface area contributed by atoms with Gasteiger partial charge in [-0.05, 0) is 18.6 Å². The maximum absolute atomic E-state index is 4.50. The number of aromatic nitrogens is 3. The number of pyridine rings is 1. The van der Waals surface area contributed by atoms with Gasteiger partial charge in [0.15, 0.2) is 0 Å². The summed E-state index contributed by atoms with van der Waals surface area (Å²) in [5.41, 5.74) is 2.44. The number of anilines is 2. The Morgan fingerprint density at radius 3 is 2.57 bits per heavy atom. The van der Waals surface area contributed by atoms with Gasteiger partial charge in [0.2, 0.25) is 0 Å². The summed E-state index contributed by atoms with van der Waals surface area (Å²) in [6.45, 7) is 7.07. The van der Waals surface area contributed by atoms with Crippen LogP contribution in [0.1, 0.15) is 11.3 Å². The van der Waals surface area contributed by atoms with Crippen molar-refractivity contribution in [3.63, 3.8) is 0 Å². The summed E-state index contributed by atoms with van der Waals surface area (Å²) in [4.78, 5) is 20.0. The molecule has 1 aliphatic rings. The summed E-state index contributed by atoms with van der Waals surface area (Å²) in [6, 6.07) is 6.18. The van der Waals surface area contributed by atoms with E-state index in [1.165, 1.54) is 11.3 Å². The number of hydrogen-bond acceptors (Lipinski definition) is 6. The zero-order chi connectivity index (χ0) is 16.2. The molecule has 0 unspecified atom stereocenters.